The molecule has 180 valence electrons. The molecule has 0 spiro atoms. The van der Waals surface area contributed by atoms with E-state index in [0.29, 0.717) is 52.1 Å². The average Bonchev–Trinajstić information content (AvgIpc) is 3.20. The number of rotatable bonds is 10. The van der Waals surface area contributed by atoms with Crippen LogP contribution < -0.4 is 16.4 Å². The van der Waals surface area contributed by atoms with Crippen LogP contribution in [0.4, 0.5) is 17.3 Å². The van der Waals surface area contributed by atoms with Crippen molar-refractivity contribution in [3.05, 3.63) is 68.4 Å². The summed E-state index contributed by atoms with van der Waals surface area (Å²) in [6, 6.07) is 7.45. The van der Waals surface area contributed by atoms with Gasteiger partial charge in [0.25, 0.3) is 5.91 Å². The van der Waals surface area contributed by atoms with Crippen LogP contribution in [-0.2, 0) is 6.54 Å². The summed E-state index contributed by atoms with van der Waals surface area (Å²) in [5, 5.41) is 26.9. The van der Waals surface area contributed by atoms with Crippen molar-refractivity contribution in [2.75, 3.05) is 24.2 Å². The third-order valence-electron chi connectivity index (χ3n) is 5.00. The fourth-order valence-corrected chi connectivity index (χ4v) is 3.80. The van der Waals surface area contributed by atoms with E-state index in [1.807, 2.05) is 10.8 Å². The van der Waals surface area contributed by atoms with Gasteiger partial charge >= 0.3 is 5.69 Å². The molecule has 0 aliphatic carbocycles. The number of carbonyl (C=O) groups excluding carboxylic acids is 1. The number of nitrogen functional groups attached to an aromatic ring is 1. The van der Waals surface area contributed by atoms with Crippen molar-refractivity contribution in [3.63, 3.8) is 0 Å². The molecular weight excluding hydrogens is 483 g/mol. The average molecular weight is 507 g/mol. The van der Waals surface area contributed by atoms with E-state index in [1.54, 1.807) is 31.3 Å². The fourth-order valence-electron chi connectivity index (χ4n) is 3.29. The summed E-state index contributed by atoms with van der Waals surface area (Å²) in [5.74, 6) is -0.0510. The van der Waals surface area contributed by atoms with E-state index in [4.69, 9.17) is 28.9 Å². The van der Waals surface area contributed by atoms with Crippen LogP contribution in [-0.4, -0.2) is 44.7 Å². The summed E-state index contributed by atoms with van der Waals surface area (Å²) < 4.78 is 1.87. The van der Waals surface area contributed by atoms with Gasteiger partial charge in [-0.25, -0.2) is 4.98 Å². The molecule has 0 aliphatic rings. The first-order valence-electron chi connectivity index (χ1n) is 10.4. The smallest absolute Gasteiger partial charge is 0.311 e. The van der Waals surface area contributed by atoms with Gasteiger partial charge in [-0.15, -0.1) is 0 Å². The van der Waals surface area contributed by atoms with Crippen molar-refractivity contribution in [1.82, 2.24) is 14.9 Å². The van der Waals surface area contributed by atoms with Crippen LogP contribution in [0.25, 0.3) is 11.1 Å². The van der Waals surface area contributed by atoms with Gasteiger partial charge in [-0.2, -0.15) is 0 Å². The molecule has 0 saturated carbocycles. The Balaban J connectivity index is 1.73. The number of hydrogen-bond acceptors (Lipinski definition) is 7. The summed E-state index contributed by atoms with van der Waals surface area (Å²) in [5.41, 5.74) is 7.10. The molecule has 2 aromatic heterocycles. The van der Waals surface area contributed by atoms with Gasteiger partial charge in [0.1, 0.15) is 5.82 Å². The molecular formula is C22H24Cl2N6O4. The third-order valence-corrected chi connectivity index (χ3v) is 5.54. The van der Waals surface area contributed by atoms with E-state index in [2.05, 4.69) is 15.6 Å². The number of pyridine rings is 1. The zero-order valence-electron chi connectivity index (χ0n) is 18.3. The fraction of sp³-hybridized carbons (Fsp3) is 0.273. The number of nitrogens with one attached hydrogen (secondary N) is 2. The highest BCUT2D eigenvalue weighted by Crippen LogP contribution is 2.33. The number of aryl methyl sites for hydroxylation is 1. The summed E-state index contributed by atoms with van der Waals surface area (Å²) >= 11 is 12.4. The Morgan fingerprint density at radius 3 is 2.68 bits per heavy atom. The number of anilines is 2. The molecule has 0 bridgehead atoms. The van der Waals surface area contributed by atoms with Crippen molar-refractivity contribution < 1.29 is 14.8 Å². The van der Waals surface area contributed by atoms with Gasteiger partial charge in [0.2, 0.25) is 5.82 Å². The molecule has 3 aromatic rings. The van der Waals surface area contributed by atoms with E-state index in [9.17, 15) is 20.0 Å². The Labute approximate surface area is 205 Å². The lowest BCUT2D eigenvalue weighted by atomic mass is 10.0. The van der Waals surface area contributed by atoms with E-state index in [1.165, 1.54) is 12.1 Å². The van der Waals surface area contributed by atoms with Crippen LogP contribution in [0.2, 0.25) is 10.0 Å². The molecule has 1 amide bonds. The topological polar surface area (TPSA) is 148 Å². The molecule has 1 atom stereocenters. The van der Waals surface area contributed by atoms with Crippen LogP contribution in [0.15, 0.2) is 42.7 Å². The predicted octanol–water partition coefficient (Wildman–Crippen LogP) is 3.96. The van der Waals surface area contributed by atoms with Crippen molar-refractivity contribution >= 4 is 46.4 Å². The number of amides is 1. The first kappa shape index (κ1) is 25.3. The second kappa shape index (κ2) is 11.2. The van der Waals surface area contributed by atoms with Crippen molar-refractivity contribution in [2.24, 2.45) is 0 Å². The van der Waals surface area contributed by atoms with Crippen LogP contribution in [0.5, 0.6) is 0 Å². The van der Waals surface area contributed by atoms with E-state index in [0.717, 1.165) is 0 Å². The molecule has 2 heterocycles. The number of nitro groups is 1. The van der Waals surface area contributed by atoms with Gasteiger partial charge in [0.05, 0.1) is 17.1 Å². The predicted molar refractivity (Wildman–Crippen MR) is 132 cm³/mol. The van der Waals surface area contributed by atoms with Gasteiger partial charge in [-0.3, -0.25) is 14.9 Å². The normalized spacial score (nSPS) is 11.8. The molecule has 12 heteroatoms. The number of aliphatic hydroxyl groups excluding tert-OH is 1. The van der Waals surface area contributed by atoms with Gasteiger partial charge in [0, 0.05) is 58.8 Å². The third kappa shape index (κ3) is 6.16. The summed E-state index contributed by atoms with van der Waals surface area (Å²) in [6.07, 6.45) is 4.21. The van der Waals surface area contributed by atoms with E-state index >= 15 is 0 Å². The maximum atomic E-state index is 12.8. The van der Waals surface area contributed by atoms with E-state index in [-0.39, 0.29) is 24.0 Å². The first-order valence-corrected chi connectivity index (χ1v) is 11.2. The molecule has 0 unspecified atom stereocenters. The first-order chi connectivity index (χ1) is 16.2. The zero-order valence-corrected chi connectivity index (χ0v) is 19.8. The van der Waals surface area contributed by atoms with Crippen LogP contribution >= 0.6 is 23.2 Å². The minimum absolute atomic E-state index is 0.155. The molecule has 5 N–H and O–H groups in total. The Bertz CT molecular complexity index is 1200. The highest BCUT2D eigenvalue weighted by molar-refractivity contribution is 6.36. The van der Waals surface area contributed by atoms with Gasteiger partial charge in [0.15, 0.2) is 0 Å². The molecule has 0 fully saturated rings. The second-order valence-electron chi connectivity index (χ2n) is 7.64. The number of halogens is 2. The summed E-state index contributed by atoms with van der Waals surface area (Å²) in [6.45, 7) is 2.60. The quantitative estimate of drug-likeness (QED) is 0.184. The number of hydrogen-bond donors (Lipinski definition) is 4. The Morgan fingerprint density at radius 1 is 1.26 bits per heavy atom. The van der Waals surface area contributed by atoms with Crippen molar-refractivity contribution in [3.8, 4) is 11.1 Å². The highest BCUT2D eigenvalue weighted by Gasteiger charge is 2.19. The standard InChI is InChI=1S/C22H24Cl2N6O4/c1-13(12-31)27-22(32)17-11-29(10-16(17)15-4-3-14(23)9-18(15)24)8-2-7-26-20-6-5-19(30(33)34)21(25)28-20/h3-6,9-11,13,31H,2,7-8,12H2,1H3,(H,27,32)(H3,25,26,28)/t13-/m1/s1. The molecule has 10 nitrogen and oxygen atoms in total. The number of nitrogens with zero attached hydrogens (tertiary/aromatic N) is 3. The monoisotopic (exact) mass is 506 g/mol. The Morgan fingerprint density at radius 2 is 2.03 bits per heavy atom. The SMILES string of the molecule is C[C@H](CO)NC(=O)c1cn(CCCNc2ccc([N+](=O)[O-])c(N)n2)cc1-c1ccc(Cl)cc1Cl. The Kier molecular flexibility index (Phi) is 8.32. The van der Waals surface area contributed by atoms with Gasteiger partial charge in [-0.05, 0) is 31.5 Å². The molecule has 0 saturated heterocycles. The van der Waals surface area contributed by atoms with Crippen LogP contribution in [0, 0.1) is 10.1 Å². The Hall–Kier alpha value is -3.34. The molecule has 0 radical (unpaired) electrons. The van der Waals surface area contributed by atoms with Gasteiger partial charge in [-0.1, -0.05) is 29.3 Å². The highest BCUT2D eigenvalue weighted by atomic mass is 35.5. The number of carbonyl (C=O) groups is 1. The van der Waals surface area contributed by atoms with Crippen LogP contribution in [0.3, 0.4) is 0 Å². The maximum Gasteiger partial charge on any atom is 0.311 e. The van der Waals surface area contributed by atoms with Gasteiger partial charge < -0.3 is 26.0 Å². The molecule has 0 aliphatic heterocycles. The maximum absolute atomic E-state index is 12.8. The lowest BCUT2D eigenvalue weighted by Crippen LogP contribution is -2.35. The number of aromatic nitrogens is 2. The number of benzene rings is 1. The van der Waals surface area contributed by atoms with Crippen molar-refractivity contribution in [2.45, 2.75) is 25.9 Å². The second-order valence-corrected chi connectivity index (χ2v) is 8.49. The van der Waals surface area contributed by atoms with E-state index < -0.39 is 11.0 Å². The lowest BCUT2D eigenvalue weighted by Gasteiger charge is -2.11. The molecule has 3 rings (SSSR count). The summed E-state index contributed by atoms with van der Waals surface area (Å²) in [4.78, 5) is 27.1. The minimum atomic E-state index is -0.586. The number of nitrogens with two attached hydrogens (primary N) is 1. The molecule has 34 heavy (non-hydrogen) atoms. The largest absolute Gasteiger partial charge is 0.394 e. The molecule has 1 aromatic carbocycles. The minimum Gasteiger partial charge on any atom is -0.394 e. The number of aliphatic hydroxyl groups is 1. The van der Waals surface area contributed by atoms with Crippen molar-refractivity contribution in [1.29, 1.82) is 0 Å². The zero-order chi connectivity index (χ0) is 24.8. The van der Waals surface area contributed by atoms with Crippen LogP contribution in [0.1, 0.15) is 23.7 Å². The summed E-state index contributed by atoms with van der Waals surface area (Å²) in [7, 11) is 0. The lowest BCUT2D eigenvalue weighted by molar-refractivity contribution is -0.384.